The van der Waals surface area contributed by atoms with Crippen molar-refractivity contribution in [3.8, 4) is 5.75 Å². The smallest absolute Gasteiger partial charge is 0.389 e. The Hall–Kier alpha value is -2.17. The Bertz CT molecular complexity index is 694. The molecule has 0 aliphatic carbocycles. The number of benzene rings is 2. The second-order valence-corrected chi connectivity index (χ2v) is 5.38. The van der Waals surface area contributed by atoms with Crippen LogP contribution >= 0.6 is 0 Å². The van der Waals surface area contributed by atoms with Crippen LogP contribution in [0.15, 0.2) is 36.4 Å². The van der Waals surface area contributed by atoms with Gasteiger partial charge in [-0.1, -0.05) is 38.1 Å². The van der Waals surface area contributed by atoms with Gasteiger partial charge < -0.3 is 9.47 Å². The van der Waals surface area contributed by atoms with Gasteiger partial charge in [0, 0.05) is 0 Å². The number of esters is 1. The predicted octanol–water partition coefficient (Wildman–Crippen LogP) is 4.67. The fourth-order valence-corrected chi connectivity index (χ4v) is 2.91. The molecule has 0 spiro atoms. The molecule has 2 aromatic rings. The molecule has 0 aliphatic rings. The molecular formula is C18H20F2O3. The summed E-state index contributed by atoms with van der Waals surface area (Å²) in [6.07, 6.45) is 0.771. The van der Waals surface area contributed by atoms with Gasteiger partial charge >= 0.3 is 12.6 Å². The topological polar surface area (TPSA) is 35.5 Å². The molecule has 2 aromatic carbocycles. The normalized spacial score (nSPS) is 11.7. The van der Waals surface area contributed by atoms with Crippen molar-refractivity contribution in [2.24, 2.45) is 0 Å². The van der Waals surface area contributed by atoms with Gasteiger partial charge in [0.1, 0.15) is 5.75 Å². The third-order valence-corrected chi connectivity index (χ3v) is 4.39. The van der Waals surface area contributed by atoms with E-state index in [-0.39, 0.29) is 0 Å². The maximum atomic E-state index is 12.5. The first-order valence-electron chi connectivity index (χ1n) is 7.54. The second-order valence-electron chi connectivity index (χ2n) is 5.38. The van der Waals surface area contributed by atoms with Crippen LogP contribution in [0.5, 0.6) is 5.75 Å². The Balaban J connectivity index is 2.51. The molecule has 0 aromatic heterocycles. The number of methoxy groups -OCH3 is 1. The largest absolute Gasteiger partial charge is 0.497 e. The van der Waals surface area contributed by atoms with Gasteiger partial charge in [0.05, 0.1) is 12.5 Å². The van der Waals surface area contributed by atoms with Crippen molar-refractivity contribution in [3.05, 3.63) is 42.0 Å². The Kier molecular flexibility index (Phi) is 5.19. The van der Waals surface area contributed by atoms with Crippen molar-refractivity contribution in [2.45, 2.75) is 38.7 Å². The van der Waals surface area contributed by atoms with Gasteiger partial charge in [0.25, 0.3) is 0 Å². The molecular weight excluding hydrogens is 302 g/mol. The Labute approximate surface area is 134 Å². The highest BCUT2D eigenvalue weighted by molar-refractivity contribution is 5.88. The highest BCUT2D eigenvalue weighted by atomic mass is 19.3. The van der Waals surface area contributed by atoms with E-state index in [0.29, 0.717) is 18.4 Å². The lowest BCUT2D eigenvalue weighted by Gasteiger charge is -2.29. The molecule has 0 saturated heterocycles. The minimum Gasteiger partial charge on any atom is -0.497 e. The van der Waals surface area contributed by atoms with Crippen LogP contribution in [0.4, 0.5) is 8.78 Å². The van der Waals surface area contributed by atoms with Crippen LogP contribution in [0.3, 0.4) is 0 Å². The molecule has 0 aliphatic heterocycles. The van der Waals surface area contributed by atoms with Crippen LogP contribution in [0.2, 0.25) is 0 Å². The van der Waals surface area contributed by atoms with Crippen molar-refractivity contribution < 1.29 is 23.0 Å². The van der Waals surface area contributed by atoms with Gasteiger partial charge in [0.15, 0.2) is 0 Å². The number of fused-ring (bicyclic) bond motifs is 1. The molecule has 3 nitrogen and oxygen atoms in total. The summed E-state index contributed by atoms with van der Waals surface area (Å²) in [6.45, 7) is 0.493. The van der Waals surface area contributed by atoms with E-state index in [1.54, 1.807) is 27.0 Å². The fourth-order valence-electron chi connectivity index (χ4n) is 2.91. The number of halogens is 2. The van der Waals surface area contributed by atoms with Crippen molar-refractivity contribution >= 4 is 16.7 Å². The number of hydrogen-bond acceptors (Lipinski definition) is 3. The van der Waals surface area contributed by atoms with Crippen LogP contribution < -0.4 is 4.74 Å². The first-order chi connectivity index (χ1) is 11.0. The Morgan fingerprint density at radius 3 is 2.26 bits per heavy atom. The maximum Gasteiger partial charge on any atom is 0.389 e. The molecule has 0 N–H and O–H groups in total. The van der Waals surface area contributed by atoms with E-state index < -0.39 is 18.0 Å². The van der Waals surface area contributed by atoms with Crippen molar-refractivity contribution in [3.63, 3.8) is 0 Å². The minimum atomic E-state index is -3.11. The number of rotatable bonds is 6. The SMILES string of the molecule is CCC(CC)(C(=O)OC(F)F)c1ccc2cc(OC)ccc2c1. The summed E-state index contributed by atoms with van der Waals surface area (Å²) >= 11 is 0. The second kappa shape index (κ2) is 6.94. The summed E-state index contributed by atoms with van der Waals surface area (Å²) in [6, 6.07) is 11.1. The van der Waals surface area contributed by atoms with Crippen LogP contribution in [0.1, 0.15) is 32.3 Å². The molecule has 0 saturated carbocycles. The predicted molar refractivity (Wildman–Crippen MR) is 84.9 cm³/mol. The zero-order chi connectivity index (χ0) is 17.0. The number of carbonyl (C=O) groups is 1. The van der Waals surface area contributed by atoms with Gasteiger partial charge in [-0.05, 0) is 41.3 Å². The van der Waals surface area contributed by atoms with E-state index in [1.165, 1.54) is 0 Å². The van der Waals surface area contributed by atoms with Crippen LogP contribution in [0, 0.1) is 0 Å². The highest BCUT2D eigenvalue weighted by Crippen LogP contribution is 2.36. The molecule has 0 radical (unpaired) electrons. The Morgan fingerprint density at radius 2 is 1.70 bits per heavy atom. The van der Waals surface area contributed by atoms with E-state index in [9.17, 15) is 13.6 Å². The van der Waals surface area contributed by atoms with E-state index >= 15 is 0 Å². The molecule has 0 atom stereocenters. The maximum absolute atomic E-state index is 12.5. The molecule has 0 heterocycles. The van der Waals surface area contributed by atoms with Gasteiger partial charge in [-0.15, -0.1) is 0 Å². The van der Waals surface area contributed by atoms with E-state index in [4.69, 9.17) is 4.74 Å². The molecule has 2 rings (SSSR count). The van der Waals surface area contributed by atoms with Crippen LogP contribution in [-0.4, -0.2) is 19.7 Å². The summed E-state index contributed by atoms with van der Waals surface area (Å²) in [5, 5.41) is 1.87. The van der Waals surface area contributed by atoms with Gasteiger partial charge in [0.2, 0.25) is 0 Å². The average molecular weight is 322 g/mol. The fraction of sp³-hybridized carbons (Fsp3) is 0.389. The summed E-state index contributed by atoms with van der Waals surface area (Å²) in [5.41, 5.74) is -0.379. The standard InChI is InChI=1S/C18H20F2O3/c1-4-18(5-2,16(21)23-17(19)20)14-8-6-13-11-15(22-3)9-7-12(13)10-14/h6-11,17H,4-5H2,1-3H3. The van der Waals surface area contributed by atoms with Crippen molar-refractivity contribution in [2.75, 3.05) is 7.11 Å². The molecule has 124 valence electrons. The molecule has 0 unspecified atom stereocenters. The summed E-state index contributed by atoms with van der Waals surface area (Å²) in [4.78, 5) is 12.3. The lowest BCUT2D eigenvalue weighted by Crippen LogP contribution is -2.37. The average Bonchev–Trinajstić information content (AvgIpc) is 2.55. The van der Waals surface area contributed by atoms with E-state index in [0.717, 1.165) is 16.5 Å². The number of carbonyl (C=O) groups excluding carboxylic acids is 1. The molecule has 0 bridgehead atoms. The van der Waals surface area contributed by atoms with Gasteiger partial charge in [-0.25, -0.2) is 0 Å². The minimum absolute atomic E-state index is 0.386. The zero-order valence-electron chi connectivity index (χ0n) is 13.4. The summed E-state index contributed by atoms with van der Waals surface area (Å²) < 4.78 is 34.4. The summed E-state index contributed by atoms with van der Waals surface area (Å²) in [5.74, 6) is -0.148. The van der Waals surface area contributed by atoms with Crippen LogP contribution in [-0.2, 0) is 14.9 Å². The van der Waals surface area contributed by atoms with E-state index in [2.05, 4.69) is 4.74 Å². The van der Waals surface area contributed by atoms with Crippen molar-refractivity contribution in [1.29, 1.82) is 0 Å². The molecule has 5 heteroatoms. The van der Waals surface area contributed by atoms with Gasteiger partial charge in [-0.3, -0.25) is 4.79 Å². The first kappa shape index (κ1) is 17.2. The first-order valence-corrected chi connectivity index (χ1v) is 7.54. The number of alkyl halides is 2. The lowest BCUT2D eigenvalue weighted by molar-refractivity contribution is -0.183. The monoisotopic (exact) mass is 322 g/mol. The molecule has 23 heavy (non-hydrogen) atoms. The molecule has 0 fully saturated rings. The zero-order valence-corrected chi connectivity index (χ0v) is 13.4. The number of ether oxygens (including phenoxy) is 2. The third kappa shape index (κ3) is 3.28. The summed E-state index contributed by atoms with van der Waals surface area (Å²) in [7, 11) is 1.59. The van der Waals surface area contributed by atoms with Crippen LogP contribution in [0.25, 0.3) is 10.8 Å². The van der Waals surface area contributed by atoms with E-state index in [1.807, 2.05) is 30.3 Å². The highest BCUT2D eigenvalue weighted by Gasteiger charge is 2.39. The quantitative estimate of drug-likeness (QED) is 0.725. The number of hydrogen-bond donors (Lipinski definition) is 0. The van der Waals surface area contributed by atoms with Crippen molar-refractivity contribution in [1.82, 2.24) is 0 Å². The molecule has 0 amide bonds. The van der Waals surface area contributed by atoms with Gasteiger partial charge in [-0.2, -0.15) is 8.78 Å². The Morgan fingerprint density at radius 1 is 1.09 bits per heavy atom. The third-order valence-electron chi connectivity index (χ3n) is 4.39. The lowest BCUT2D eigenvalue weighted by atomic mass is 9.75.